The highest BCUT2D eigenvalue weighted by molar-refractivity contribution is 4.96. The van der Waals surface area contributed by atoms with Gasteiger partial charge in [-0.05, 0) is 26.8 Å². The smallest absolute Gasteiger partial charge is 0.0455 e. The van der Waals surface area contributed by atoms with E-state index in [1.165, 1.54) is 12.8 Å². The molecule has 0 spiro atoms. The van der Waals surface area contributed by atoms with E-state index in [9.17, 15) is 0 Å². The maximum Gasteiger partial charge on any atom is 0.0455 e. The topological polar surface area (TPSA) is 24.1 Å². The van der Waals surface area contributed by atoms with Gasteiger partial charge in [-0.2, -0.15) is 0 Å². The molecule has 0 unspecified atom stereocenters. The van der Waals surface area contributed by atoms with Gasteiger partial charge in [-0.1, -0.05) is 0 Å². The van der Waals surface area contributed by atoms with Crippen LogP contribution in [0.3, 0.4) is 0 Å². The second kappa shape index (κ2) is 2.03. The lowest BCUT2D eigenvalue weighted by molar-refractivity contribution is 0.514. The van der Waals surface area contributed by atoms with Crippen molar-refractivity contribution in [2.75, 3.05) is 13.7 Å². The molecule has 0 heterocycles. The first-order valence-electron chi connectivity index (χ1n) is 3.16. The maximum atomic E-state index is 3.37. The second-order valence-corrected chi connectivity index (χ2v) is 2.77. The number of hydrogen-bond acceptors (Lipinski definition) is 2. The maximum absolute atomic E-state index is 3.37. The summed E-state index contributed by atoms with van der Waals surface area (Å²) in [6.07, 6.45) is 2.68. The standard InChI is InChI=1S/C6H14N2/c1-6(3-4-6)8-5-7-2/h7-8H,3-5H2,1-2H3. The van der Waals surface area contributed by atoms with Gasteiger partial charge in [0.15, 0.2) is 0 Å². The van der Waals surface area contributed by atoms with Gasteiger partial charge in [0.25, 0.3) is 0 Å². The Kier molecular flexibility index (Phi) is 1.54. The Morgan fingerprint density at radius 3 is 2.50 bits per heavy atom. The summed E-state index contributed by atoms with van der Waals surface area (Å²) in [5.41, 5.74) is 0.489. The fourth-order valence-electron chi connectivity index (χ4n) is 0.666. The van der Waals surface area contributed by atoms with Crippen molar-refractivity contribution < 1.29 is 0 Å². The first kappa shape index (κ1) is 6.05. The van der Waals surface area contributed by atoms with E-state index in [-0.39, 0.29) is 0 Å². The summed E-state index contributed by atoms with van der Waals surface area (Å²) in [6.45, 7) is 3.20. The molecule has 0 atom stereocenters. The van der Waals surface area contributed by atoms with Crippen LogP contribution in [0.2, 0.25) is 0 Å². The zero-order chi connectivity index (χ0) is 6.04. The molecule has 1 aliphatic carbocycles. The van der Waals surface area contributed by atoms with E-state index in [2.05, 4.69) is 17.6 Å². The van der Waals surface area contributed by atoms with E-state index in [0.717, 1.165) is 6.67 Å². The normalized spacial score (nSPS) is 23.2. The summed E-state index contributed by atoms with van der Waals surface area (Å²) >= 11 is 0. The van der Waals surface area contributed by atoms with Crippen LogP contribution in [0.4, 0.5) is 0 Å². The minimum atomic E-state index is 0.489. The van der Waals surface area contributed by atoms with Crippen LogP contribution in [-0.2, 0) is 0 Å². The Bertz CT molecular complexity index is 76.6. The van der Waals surface area contributed by atoms with Gasteiger partial charge in [-0.15, -0.1) is 0 Å². The number of rotatable bonds is 3. The Hall–Kier alpha value is -0.0800. The first-order chi connectivity index (χ1) is 3.77. The molecule has 1 rings (SSSR count). The van der Waals surface area contributed by atoms with Crippen LogP contribution in [-0.4, -0.2) is 19.3 Å². The molecule has 0 amide bonds. The summed E-state index contributed by atoms with van der Waals surface area (Å²) in [7, 11) is 1.96. The lowest BCUT2D eigenvalue weighted by Crippen LogP contribution is -2.34. The minimum absolute atomic E-state index is 0.489. The van der Waals surface area contributed by atoms with Gasteiger partial charge < -0.3 is 5.32 Å². The van der Waals surface area contributed by atoms with Gasteiger partial charge in [0, 0.05) is 12.2 Å². The average molecular weight is 114 g/mol. The Morgan fingerprint density at radius 2 is 2.12 bits per heavy atom. The number of hydrogen-bond donors (Lipinski definition) is 2. The van der Waals surface area contributed by atoms with Crippen molar-refractivity contribution in [3.05, 3.63) is 0 Å². The Morgan fingerprint density at radius 1 is 1.50 bits per heavy atom. The molecule has 0 saturated heterocycles. The van der Waals surface area contributed by atoms with E-state index in [0.29, 0.717) is 5.54 Å². The van der Waals surface area contributed by atoms with Crippen molar-refractivity contribution >= 4 is 0 Å². The van der Waals surface area contributed by atoms with Crippen molar-refractivity contribution in [3.63, 3.8) is 0 Å². The third kappa shape index (κ3) is 1.46. The van der Waals surface area contributed by atoms with Crippen molar-refractivity contribution in [1.82, 2.24) is 10.6 Å². The Labute approximate surface area is 50.7 Å². The third-order valence-corrected chi connectivity index (χ3v) is 1.69. The third-order valence-electron chi connectivity index (χ3n) is 1.69. The molecule has 1 saturated carbocycles. The molecule has 48 valence electrons. The zero-order valence-electron chi connectivity index (χ0n) is 5.62. The molecule has 0 aliphatic heterocycles. The molecule has 1 aliphatic rings. The Balaban J connectivity index is 2.01. The van der Waals surface area contributed by atoms with Crippen molar-refractivity contribution in [3.8, 4) is 0 Å². The van der Waals surface area contributed by atoms with Gasteiger partial charge in [0.05, 0.1) is 0 Å². The van der Waals surface area contributed by atoms with Gasteiger partial charge in [-0.3, -0.25) is 5.32 Å². The van der Waals surface area contributed by atoms with Gasteiger partial charge in [-0.25, -0.2) is 0 Å². The molecule has 0 radical (unpaired) electrons. The SMILES string of the molecule is CNCNC1(C)CC1. The summed E-state index contributed by atoms with van der Waals surface area (Å²) in [6, 6.07) is 0. The predicted octanol–water partition coefficient (Wildman–Crippen LogP) is 0.305. The molecular formula is C6H14N2. The molecule has 1 fully saturated rings. The molecule has 0 bridgehead atoms. The summed E-state index contributed by atoms with van der Waals surface area (Å²) < 4.78 is 0. The van der Waals surface area contributed by atoms with Crippen LogP contribution in [0.25, 0.3) is 0 Å². The quantitative estimate of drug-likeness (QED) is 0.516. The molecule has 0 aromatic heterocycles. The van der Waals surface area contributed by atoms with Crippen LogP contribution in [0.1, 0.15) is 19.8 Å². The summed E-state index contributed by atoms with van der Waals surface area (Å²) in [5, 5.41) is 6.42. The van der Waals surface area contributed by atoms with Crippen LogP contribution in [0, 0.1) is 0 Å². The van der Waals surface area contributed by atoms with Gasteiger partial charge in [0.1, 0.15) is 0 Å². The monoisotopic (exact) mass is 114 g/mol. The molecule has 2 heteroatoms. The molecule has 8 heavy (non-hydrogen) atoms. The lowest BCUT2D eigenvalue weighted by atomic mass is 10.3. The largest absolute Gasteiger partial charge is 0.308 e. The molecular weight excluding hydrogens is 100 g/mol. The minimum Gasteiger partial charge on any atom is -0.308 e. The van der Waals surface area contributed by atoms with Crippen LogP contribution >= 0.6 is 0 Å². The summed E-state index contributed by atoms with van der Waals surface area (Å²) in [4.78, 5) is 0. The zero-order valence-corrected chi connectivity index (χ0v) is 5.62. The molecule has 0 aromatic rings. The fourth-order valence-corrected chi connectivity index (χ4v) is 0.666. The second-order valence-electron chi connectivity index (χ2n) is 2.77. The van der Waals surface area contributed by atoms with Crippen molar-refractivity contribution in [2.45, 2.75) is 25.3 Å². The van der Waals surface area contributed by atoms with E-state index in [1.54, 1.807) is 0 Å². The first-order valence-corrected chi connectivity index (χ1v) is 3.16. The highest BCUT2D eigenvalue weighted by Crippen LogP contribution is 2.33. The van der Waals surface area contributed by atoms with E-state index < -0.39 is 0 Å². The van der Waals surface area contributed by atoms with Crippen LogP contribution < -0.4 is 10.6 Å². The molecule has 0 aromatic carbocycles. The highest BCUT2D eigenvalue weighted by Gasteiger charge is 2.35. The molecule has 2 N–H and O–H groups in total. The fraction of sp³-hybridized carbons (Fsp3) is 1.00. The summed E-state index contributed by atoms with van der Waals surface area (Å²) in [5.74, 6) is 0. The number of nitrogens with one attached hydrogen (secondary N) is 2. The predicted molar refractivity (Wildman–Crippen MR) is 34.7 cm³/mol. The highest BCUT2D eigenvalue weighted by atomic mass is 15.1. The van der Waals surface area contributed by atoms with Crippen LogP contribution in [0.15, 0.2) is 0 Å². The van der Waals surface area contributed by atoms with Crippen molar-refractivity contribution in [1.29, 1.82) is 0 Å². The van der Waals surface area contributed by atoms with Crippen LogP contribution in [0.5, 0.6) is 0 Å². The van der Waals surface area contributed by atoms with Gasteiger partial charge >= 0.3 is 0 Å². The van der Waals surface area contributed by atoms with E-state index in [1.807, 2.05) is 7.05 Å². The van der Waals surface area contributed by atoms with Crippen molar-refractivity contribution in [2.24, 2.45) is 0 Å². The lowest BCUT2D eigenvalue weighted by Gasteiger charge is -2.08. The molecule has 2 nitrogen and oxygen atoms in total. The average Bonchev–Trinajstić information content (AvgIpc) is 2.45. The van der Waals surface area contributed by atoms with Gasteiger partial charge in [0.2, 0.25) is 0 Å². The van der Waals surface area contributed by atoms with E-state index >= 15 is 0 Å². The van der Waals surface area contributed by atoms with E-state index in [4.69, 9.17) is 0 Å².